The molecule has 0 N–H and O–H groups in total. The van der Waals surface area contributed by atoms with Crippen LogP contribution >= 0.6 is 22.9 Å². The van der Waals surface area contributed by atoms with E-state index in [2.05, 4.69) is 9.88 Å². The summed E-state index contributed by atoms with van der Waals surface area (Å²) in [5.41, 5.74) is 1.49. The van der Waals surface area contributed by atoms with Crippen molar-refractivity contribution in [3.8, 4) is 0 Å². The van der Waals surface area contributed by atoms with E-state index in [0.29, 0.717) is 30.6 Å². The molecule has 0 aliphatic carbocycles. The second-order valence-electron chi connectivity index (χ2n) is 8.00. The number of benzene rings is 1. The molecule has 2 aromatic rings. The van der Waals surface area contributed by atoms with Crippen LogP contribution in [0, 0.1) is 0 Å². The summed E-state index contributed by atoms with van der Waals surface area (Å²) < 4.78 is 33.2. The van der Waals surface area contributed by atoms with Gasteiger partial charge in [0.15, 0.2) is 5.13 Å². The van der Waals surface area contributed by atoms with Gasteiger partial charge >= 0.3 is 0 Å². The summed E-state index contributed by atoms with van der Waals surface area (Å²) in [6.07, 6.45) is 2.38. The zero-order valence-electron chi connectivity index (χ0n) is 17.7. The van der Waals surface area contributed by atoms with Crippen LogP contribution in [0.2, 0.25) is 4.34 Å². The van der Waals surface area contributed by atoms with E-state index in [9.17, 15) is 13.2 Å². The van der Waals surface area contributed by atoms with Crippen molar-refractivity contribution in [1.82, 2.24) is 14.2 Å². The molecule has 0 bridgehead atoms. The van der Waals surface area contributed by atoms with Crippen LogP contribution in [0.15, 0.2) is 29.3 Å². The maximum absolute atomic E-state index is 13.1. The Kier molecular flexibility index (Phi) is 6.04. The van der Waals surface area contributed by atoms with Crippen LogP contribution in [0.3, 0.4) is 0 Å². The quantitative estimate of drug-likeness (QED) is 0.627. The highest BCUT2D eigenvalue weighted by molar-refractivity contribution is 7.89. The molecule has 4 rings (SSSR count). The van der Waals surface area contributed by atoms with Crippen LogP contribution in [0.5, 0.6) is 0 Å². The highest BCUT2D eigenvalue weighted by Crippen LogP contribution is 2.50. The van der Waals surface area contributed by atoms with E-state index in [-0.39, 0.29) is 22.8 Å². The molecule has 0 saturated carbocycles. The molecule has 168 valence electrons. The number of sulfonamides is 1. The first-order valence-electron chi connectivity index (χ1n) is 9.92. The van der Waals surface area contributed by atoms with Gasteiger partial charge in [0, 0.05) is 58.4 Å². The summed E-state index contributed by atoms with van der Waals surface area (Å²) in [6.45, 7) is 3.97. The average molecular weight is 485 g/mol. The van der Waals surface area contributed by atoms with Crippen molar-refractivity contribution < 1.29 is 17.9 Å². The summed E-state index contributed by atoms with van der Waals surface area (Å²) in [4.78, 5) is 20.6. The summed E-state index contributed by atoms with van der Waals surface area (Å²) in [7, 11) is -0.575. The van der Waals surface area contributed by atoms with Crippen molar-refractivity contribution in [2.24, 2.45) is 0 Å². The number of thiazole rings is 1. The van der Waals surface area contributed by atoms with Gasteiger partial charge in [-0.1, -0.05) is 22.9 Å². The summed E-state index contributed by atoms with van der Waals surface area (Å²) >= 11 is 7.51. The second-order valence-corrected chi connectivity index (χ2v) is 11.7. The van der Waals surface area contributed by atoms with Gasteiger partial charge in [0.05, 0.1) is 17.7 Å². The van der Waals surface area contributed by atoms with E-state index in [1.807, 2.05) is 11.0 Å². The summed E-state index contributed by atoms with van der Waals surface area (Å²) in [5, 5.41) is 0.761. The van der Waals surface area contributed by atoms with Crippen molar-refractivity contribution >= 4 is 49.7 Å². The Labute approximate surface area is 191 Å². The van der Waals surface area contributed by atoms with Crippen LogP contribution in [0.1, 0.15) is 18.9 Å². The number of amides is 1. The average Bonchev–Trinajstić information content (AvgIpc) is 3.44. The van der Waals surface area contributed by atoms with E-state index in [0.717, 1.165) is 22.8 Å². The smallest absolute Gasteiger partial charge is 0.242 e. The molecule has 1 amide bonds. The zero-order chi connectivity index (χ0) is 22.4. The lowest BCUT2D eigenvalue weighted by Gasteiger charge is -2.25. The number of carbonyl (C=O) groups is 1. The number of hydrogen-bond donors (Lipinski definition) is 0. The van der Waals surface area contributed by atoms with Crippen molar-refractivity contribution in [1.29, 1.82) is 0 Å². The highest BCUT2D eigenvalue weighted by Gasteiger charge is 2.49. The van der Waals surface area contributed by atoms with Crippen molar-refractivity contribution in [2.75, 3.05) is 51.8 Å². The fourth-order valence-electron chi connectivity index (χ4n) is 4.36. The molecule has 1 aromatic carbocycles. The number of aromatic nitrogens is 1. The number of carbonyl (C=O) groups excluding carboxylic acids is 1. The standard InChI is InChI=1S/C20H25ClN4O4S2/c1-14(26)24-7-6-20(12-24)13-25(19-22-11-18(21)30-19)17-5-4-15(10-16(17)20)31(27,28)23(2)8-9-29-3/h4-5,10-11H,6-9,12-13H2,1-3H3. The van der Waals surface area contributed by atoms with Gasteiger partial charge in [0.25, 0.3) is 0 Å². The molecule has 11 heteroatoms. The molecule has 1 atom stereocenters. The number of likely N-dealkylation sites (tertiary alicyclic amines) is 1. The molecule has 1 spiro atoms. The Hall–Kier alpha value is -1.72. The lowest BCUT2D eigenvalue weighted by molar-refractivity contribution is -0.127. The topological polar surface area (TPSA) is 83.0 Å². The molecule has 2 aliphatic rings. The molecule has 31 heavy (non-hydrogen) atoms. The summed E-state index contributed by atoms with van der Waals surface area (Å²) in [6, 6.07) is 5.25. The minimum atomic E-state index is -3.67. The number of methoxy groups -OCH3 is 1. The molecular formula is C20H25ClN4O4S2. The van der Waals surface area contributed by atoms with E-state index in [1.165, 1.54) is 15.6 Å². The fourth-order valence-corrected chi connectivity index (χ4v) is 6.46. The first-order valence-corrected chi connectivity index (χ1v) is 12.6. The predicted molar refractivity (Wildman–Crippen MR) is 121 cm³/mol. The van der Waals surface area contributed by atoms with Gasteiger partial charge in [-0.15, -0.1) is 0 Å². The largest absolute Gasteiger partial charge is 0.383 e. The number of likely N-dealkylation sites (N-methyl/N-ethyl adjacent to an activating group) is 1. The Bertz CT molecular complexity index is 1110. The van der Waals surface area contributed by atoms with Gasteiger partial charge in [-0.05, 0) is 30.2 Å². The highest BCUT2D eigenvalue weighted by atomic mass is 35.5. The Morgan fingerprint density at radius 2 is 2.16 bits per heavy atom. The van der Waals surface area contributed by atoms with Crippen LogP contribution in [0.25, 0.3) is 0 Å². The van der Waals surface area contributed by atoms with Crippen LogP contribution in [-0.4, -0.2) is 75.5 Å². The van der Waals surface area contributed by atoms with Crippen LogP contribution in [0.4, 0.5) is 10.8 Å². The molecular weight excluding hydrogens is 460 g/mol. The molecule has 2 aliphatic heterocycles. The Morgan fingerprint density at radius 3 is 2.77 bits per heavy atom. The Morgan fingerprint density at radius 1 is 1.39 bits per heavy atom. The summed E-state index contributed by atoms with van der Waals surface area (Å²) in [5.74, 6) is 0.0252. The number of hydrogen-bond acceptors (Lipinski definition) is 7. The minimum absolute atomic E-state index is 0.0252. The predicted octanol–water partition coefficient (Wildman–Crippen LogP) is 2.71. The number of fused-ring (bicyclic) bond motifs is 2. The van der Waals surface area contributed by atoms with E-state index in [4.69, 9.17) is 16.3 Å². The maximum Gasteiger partial charge on any atom is 0.242 e. The second kappa shape index (κ2) is 8.32. The molecule has 0 radical (unpaired) electrons. The molecule has 1 fully saturated rings. The third kappa shape index (κ3) is 3.95. The van der Waals surface area contributed by atoms with Gasteiger partial charge in [-0.2, -0.15) is 4.31 Å². The van der Waals surface area contributed by atoms with E-state index >= 15 is 0 Å². The minimum Gasteiger partial charge on any atom is -0.383 e. The number of nitrogens with zero attached hydrogens (tertiary/aromatic N) is 4. The third-order valence-electron chi connectivity index (χ3n) is 6.10. The van der Waals surface area contributed by atoms with Crippen molar-refractivity contribution in [2.45, 2.75) is 23.7 Å². The fraction of sp³-hybridized carbons (Fsp3) is 0.500. The molecule has 8 nitrogen and oxygen atoms in total. The molecule has 1 aromatic heterocycles. The lowest BCUT2D eigenvalue weighted by atomic mass is 9.81. The van der Waals surface area contributed by atoms with Crippen molar-refractivity contribution in [3.63, 3.8) is 0 Å². The maximum atomic E-state index is 13.1. The van der Waals surface area contributed by atoms with Crippen LogP contribution in [-0.2, 0) is 25.0 Å². The molecule has 1 saturated heterocycles. The Balaban J connectivity index is 1.78. The first kappa shape index (κ1) is 22.5. The van der Waals surface area contributed by atoms with Gasteiger partial charge < -0.3 is 14.5 Å². The van der Waals surface area contributed by atoms with E-state index < -0.39 is 10.0 Å². The first-order chi connectivity index (χ1) is 14.7. The number of anilines is 2. The number of ether oxygens (including phenoxy) is 1. The van der Waals surface area contributed by atoms with Gasteiger partial charge in [-0.3, -0.25) is 4.79 Å². The number of rotatable bonds is 6. The van der Waals surface area contributed by atoms with E-state index in [1.54, 1.807) is 39.4 Å². The lowest BCUT2D eigenvalue weighted by Crippen LogP contribution is -2.36. The SMILES string of the molecule is COCCN(C)S(=O)(=O)c1ccc2c(c1)C1(CCN(C(C)=O)C1)CN2c1ncc(Cl)s1. The van der Waals surface area contributed by atoms with Gasteiger partial charge in [0.2, 0.25) is 15.9 Å². The van der Waals surface area contributed by atoms with Gasteiger partial charge in [0.1, 0.15) is 4.34 Å². The molecule has 3 heterocycles. The monoisotopic (exact) mass is 484 g/mol. The van der Waals surface area contributed by atoms with Crippen LogP contribution < -0.4 is 4.90 Å². The molecule has 1 unspecified atom stereocenters. The zero-order valence-corrected chi connectivity index (χ0v) is 20.1. The normalized spacial score (nSPS) is 20.8. The van der Waals surface area contributed by atoms with Gasteiger partial charge in [-0.25, -0.2) is 13.4 Å². The van der Waals surface area contributed by atoms with Crippen molar-refractivity contribution in [3.05, 3.63) is 34.3 Å². The number of halogens is 1. The third-order valence-corrected chi connectivity index (χ3v) is 9.10.